The molecule has 82 valence electrons. The smallest absolute Gasteiger partial charge is 0.260 e. The molecule has 0 spiro atoms. The third kappa shape index (κ3) is 1.45. The summed E-state index contributed by atoms with van der Waals surface area (Å²) in [6, 6.07) is 4.34. The lowest BCUT2D eigenvalue weighted by Gasteiger charge is -2.16. The van der Waals surface area contributed by atoms with Crippen LogP contribution >= 0.6 is 15.9 Å². The van der Waals surface area contributed by atoms with Crippen LogP contribution in [0.2, 0.25) is 0 Å². The first-order valence-corrected chi connectivity index (χ1v) is 5.29. The minimum atomic E-state index is -2.77. The highest BCUT2D eigenvalue weighted by Gasteiger charge is 2.71. The van der Waals surface area contributed by atoms with Crippen molar-refractivity contribution < 1.29 is 13.9 Å². The lowest BCUT2D eigenvalue weighted by atomic mass is 9.95. The van der Waals surface area contributed by atoms with Crippen LogP contribution in [0.3, 0.4) is 0 Å². The Morgan fingerprint density at radius 1 is 1.47 bits per heavy atom. The van der Waals surface area contributed by atoms with Gasteiger partial charge in [0.1, 0.15) is 5.75 Å². The average Bonchev–Trinajstić information content (AvgIpc) is 2.74. The summed E-state index contributed by atoms with van der Waals surface area (Å²) in [4.78, 5) is 0. The van der Waals surface area contributed by atoms with E-state index in [1.807, 2.05) is 0 Å². The molecule has 1 unspecified atom stereocenters. The van der Waals surface area contributed by atoms with Gasteiger partial charge in [-0.2, -0.15) is 0 Å². The third-order valence-corrected chi connectivity index (χ3v) is 3.60. The number of hydrogen-bond acceptors (Lipinski definition) is 2. The van der Waals surface area contributed by atoms with Crippen LogP contribution in [0.15, 0.2) is 22.7 Å². The van der Waals surface area contributed by atoms with E-state index in [9.17, 15) is 13.9 Å². The number of phenols is 1. The number of rotatable bonds is 2. The second kappa shape index (κ2) is 3.15. The molecule has 0 aliphatic heterocycles. The van der Waals surface area contributed by atoms with Crippen LogP contribution in [-0.4, -0.2) is 17.6 Å². The highest BCUT2D eigenvalue weighted by Crippen LogP contribution is 2.62. The van der Waals surface area contributed by atoms with Gasteiger partial charge in [0.25, 0.3) is 5.92 Å². The maximum absolute atomic E-state index is 13.3. The van der Waals surface area contributed by atoms with E-state index in [0.29, 0.717) is 10.0 Å². The molecule has 2 rings (SSSR count). The Morgan fingerprint density at radius 3 is 2.53 bits per heavy atom. The molecular formula is C10H10BrF2NO. The lowest BCUT2D eigenvalue weighted by molar-refractivity contribution is 0.0894. The van der Waals surface area contributed by atoms with Crippen molar-refractivity contribution in [1.82, 2.24) is 0 Å². The summed E-state index contributed by atoms with van der Waals surface area (Å²) in [5, 5.41) is 9.29. The molecule has 1 atom stereocenters. The van der Waals surface area contributed by atoms with E-state index in [2.05, 4.69) is 15.9 Å². The van der Waals surface area contributed by atoms with Gasteiger partial charge in [-0.1, -0.05) is 15.9 Å². The number of halogens is 3. The Hall–Kier alpha value is -0.680. The first-order valence-electron chi connectivity index (χ1n) is 4.50. The molecule has 0 amide bonds. The SMILES string of the molecule is NCC1(c2cc(O)ccc2Br)CC1(F)F. The average molecular weight is 278 g/mol. The quantitative estimate of drug-likeness (QED) is 0.872. The summed E-state index contributed by atoms with van der Waals surface area (Å²) >= 11 is 3.20. The maximum Gasteiger partial charge on any atom is 0.260 e. The fourth-order valence-corrected chi connectivity index (χ4v) is 2.46. The Labute approximate surface area is 94.2 Å². The van der Waals surface area contributed by atoms with Crippen LogP contribution in [-0.2, 0) is 5.41 Å². The first-order chi connectivity index (χ1) is 6.93. The molecule has 0 aromatic heterocycles. The number of phenolic OH excluding ortho intramolecular Hbond substituents is 1. The summed E-state index contributed by atoms with van der Waals surface area (Å²) < 4.78 is 27.1. The van der Waals surface area contributed by atoms with Gasteiger partial charge >= 0.3 is 0 Å². The van der Waals surface area contributed by atoms with Gasteiger partial charge in [0, 0.05) is 17.4 Å². The topological polar surface area (TPSA) is 46.2 Å². The molecule has 3 N–H and O–H groups in total. The second-order valence-corrected chi connectivity index (χ2v) is 4.69. The number of hydrogen-bond donors (Lipinski definition) is 2. The molecular weight excluding hydrogens is 268 g/mol. The normalized spacial score (nSPS) is 27.7. The molecule has 1 aliphatic rings. The van der Waals surface area contributed by atoms with E-state index in [-0.39, 0.29) is 18.7 Å². The summed E-state index contributed by atoms with van der Waals surface area (Å²) in [6.07, 6.45) is -0.251. The molecule has 1 aromatic carbocycles. The van der Waals surface area contributed by atoms with Gasteiger partial charge in [0.2, 0.25) is 0 Å². The van der Waals surface area contributed by atoms with Crippen LogP contribution in [0.4, 0.5) is 8.78 Å². The molecule has 1 aromatic rings. The molecule has 0 radical (unpaired) electrons. The lowest BCUT2D eigenvalue weighted by Crippen LogP contribution is -2.27. The van der Waals surface area contributed by atoms with Crippen molar-refractivity contribution in [2.45, 2.75) is 17.8 Å². The standard InChI is InChI=1S/C10H10BrF2NO/c11-8-2-1-6(15)3-7(8)9(5-14)4-10(9,12)13/h1-3,15H,4-5,14H2. The predicted octanol–water partition coefficient (Wildman–Crippen LogP) is 2.39. The molecule has 1 aliphatic carbocycles. The largest absolute Gasteiger partial charge is 0.508 e. The van der Waals surface area contributed by atoms with E-state index in [4.69, 9.17) is 5.73 Å². The Bertz CT molecular complexity index is 410. The summed E-state index contributed by atoms with van der Waals surface area (Å²) in [5.74, 6) is -2.79. The Balaban J connectivity index is 2.50. The predicted molar refractivity (Wildman–Crippen MR) is 56.1 cm³/mol. The summed E-state index contributed by atoms with van der Waals surface area (Å²) in [7, 11) is 0. The molecule has 0 bridgehead atoms. The highest BCUT2D eigenvalue weighted by atomic mass is 79.9. The maximum atomic E-state index is 13.3. The number of alkyl halides is 2. The van der Waals surface area contributed by atoms with Gasteiger partial charge < -0.3 is 10.8 Å². The van der Waals surface area contributed by atoms with Crippen LogP contribution in [0, 0.1) is 0 Å². The van der Waals surface area contributed by atoms with E-state index >= 15 is 0 Å². The van der Waals surface area contributed by atoms with Crippen molar-refractivity contribution in [3.63, 3.8) is 0 Å². The van der Waals surface area contributed by atoms with Crippen molar-refractivity contribution in [3.05, 3.63) is 28.2 Å². The summed E-state index contributed by atoms with van der Waals surface area (Å²) in [6.45, 7) is -0.123. The summed E-state index contributed by atoms with van der Waals surface area (Å²) in [5.41, 5.74) is 4.50. The van der Waals surface area contributed by atoms with Crippen molar-refractivity contribution in [3.8, 4) is 5.75 Å². The van der Waals surface area contributed by atoms with Gasteiger partial charge in [-0.15, -0.1) is 0 Å². The Kier molecular flexibility index (Phi) is 2.28. The Morgan fingerprint density at radius 2 is 2.07 bits per heavy atom. The minimum Gasteiger partial charge on any atom is -0.508 e. The molecule has 2 nitrogen and oxygen atoms in total. The van der Waals surface area contributed by atoms with E-state index in [1.165, 1.54) is 12.1 Å². The van der Waals surface area contributed by atoms with Gasteiger partial charge in [-0.3, -0.25) is 0 Å². The fraction of sp³-hybridized carbons (Fsp3) is 0.400. The van der Waals surface area contributed by atoms with Crippen LogP contribution in [0.25, 0.3) is 0 Å². The third-order valence-electron chi connectivity index (χ3n) is 2.91. The molecule has 15 heavy (non-hydrogen) atoms. The van der Waals surface area contributed by atoms with Crippen LogP contribution in [0.5, 0.6) is 5.75 Å². The second-order valence-electron chi connectivity index (χ2n) is 3.83. The zero-order chi connectivity index (χ0) is 11.3. The molecule has 1 fully saturated rings. The van der Waals surface area contributed by atoms with Crippen molar-refractivity contribution in [2.75, 3.05) is 6.54 Å². The van der Waals surface area contributed by atoms with E-state index in [1.54, 1.807) is 6.07 Å². The minimum absolute atomic E-state index is 0.0243. The van der Waals surface area contributed by atoms with Gasteiger partial charge in [0.05, 0.1) is 5.41 Å². The van der Waals surface area contributed by atoms with Gasteiger partial charge in [-0.05, 0) is 23.8 Å². The fourth-order valence-electron chi connectivity index (χ4n) is 1.84. The van der Waals surface area contributed by atoms with Gasteiger partial charge in [-0.25, -0.2) is 8.78 Å². The molecule has 0 saturated heterocycles. The van der Waals surface area contributed by atoms with E-state index in [0.717, 1.165) is 0 Å². The number of benzene rings is 1. The highest BCUT2D eigenvalue weighted by molar-refractivity contribution is 9.10. The van der Waals surface area contributed by atoms with Crippen molar-refractivity contribution >= 4 is 15.9 Å². The first kappa shape index (κ1) is 10.8. The van der Waals surface area contributed by atoms with Crippen molar-refractivity contribution in [1.29, 1.82) is 0 Å². The monoisotopic (exact) mass is 277 g/mol. The zero-order valence-corrected chi connectivity index (χ0v) is 9.39. The zero-order valence-electron chi connectivity index (χ0n) is 7.80. The number of aromatic hydroxyl groups is 1. The number of nitrogens with two attached hydrogens (primary N) is 1. The van der Waals surface area contributed by atoms with Crippen molar-refractivity contribution in [2.24, 2.45) is 5.73 Å². The molecule has 1 saturated carbocycles. The van der Waals surface area contributed by atoms with Crippen LogP contribution in [0.1, 0.15) is 12.0 Å². The van der Waals surface area contributed by atoms with Gasteiger partial charge in [0.15, 0.2) is 0 Å². The molecule has 5 heteroatoms. The van der Waals surface area contributed by atoms with Crippen LogP contribution < -0.4 is 5.73 Å². The van der Waals surface area contributed by atoms with E-state index < -0.39 is 11.3 Å². The molecule has 0 heterocycles.